The number of carbonyl (C=O) groups excluding carboxylic acids is 1. The number of aliphatic hydroxyl groups excluding tert-OH is 1. The maximum absolute atomic E-state index is 13.7. The van der Waals surface area contributed by atoms with E-state index >= 15 is 0 Å². The second-order valence-corrected chi connectivity index (χ2v) is 13.8. The van der Waals surface area contributed by atoms with E-state index in [1.54, 1.807) is 6.07 Å². The van der Waals surface area contributed by atoms with Gasteiger partial charge < -0.3 is 21.5 Å². The minimum atomic E-state index is -1.27. The van der Waals surface area contributed by atoms with Crippen LogP contribution in [0.1, 0.15) is 70.8 Å². The lowest BCUT2D eigenvalue weighted by Gasteiger charge is -2.58. The van der Waals surface area contributed by atoms with Gasteiger partial charge in [0, 0.05) is 17.2 Å². The molecule has 5 N–H and O–H groups in total. The highest BCUT2D eigenvalue weighted by atomic mass is 35.5. The number of carbonyl (C=O) groups is 1. The first-order valence-corrected chi connectivity index (χ1v) is 14.9. The predicted octanol–water partition coefficient (Wildman–Crippen LogP) is 5.65. The minimum Gasteiger partial charge on any atom is -0.393 e. The Bertz CT molecular complexity index is 1420. The van der Waals surface area contributed by atoms with Gasteiger partial charge in [0.15, 0.2) is 0 Å². The zero-order valence-electron chi connectivity index (χ0n) is 22.7. The molecule has 0 radical (unpaired) electrons. The molecule has 6 nitrogen and oxygen atoms in total. The monoisotopic (exact) mass is 544 g/mol. The minimum absolute atomic E-state index is 0.0771. The van der Waals surface area contributed by atoms with Gasteiger partial charge >= 0.3 is 0 Å². The van der Waals surface area contributed by atoms with Gasteiger partial charge in [0.05, 0.1) is 22.4 Å². The standard InChI is InChI=1S/C32H37ClN4O2/c1-30-12-10-18(38)14-17(30)6-7-19-20-8-9-22(31(20,2)13-11-21(19)30)26-15-32(24(16-34)28(35)36-26)23-4-3-5-25(33)27(23)37-29(32)39/h3-6,15,18-22,36,38H,7-14,35H2,1-2H3,(H,37,39)/t18-,19?,20?,21?,22+,30-,31-,32?/m0/s1. The third kappa shape index (κ3) is 3.21. The Labute approximate surface area is 235 Å². The van der Waals surface area contributed by atoms with Crippen molar-refractivity contribution in [1.29, 1.82) is 5.26 Å². The van der Waals surface area contributed by atoms with Crippen molar-refractivity contribution in [2.75, 3.05) is 5.32 Å². The van der Waals surface area contributed by atoms with Crippen molar-refractivity contribution < 1.29 is 9.90 Å². The summed E-state index contributed by atoms with van der Waals surface area (Å²) in [6, 6.07) is 7.70. The van der Waals surface area contributed by atoms with E-state index in [1.165, 1.54) is 12.0 Å². The van der Waals surface area contributed by atoms with Crippen LogP contribution in [0.4, 0.5) is 5.69 Å². The molecule has 1 amide bonds. The van der Waals surface area contributed by atoms with Gasteiger partial charge in [-0.05, 0) is 92.1 Å². The summed E-state index contributed by atoms with van der Waals surface area (Å²) in [6.07, 6.45) is 12.7. The second-order valence-electron chi connectivity index (χ2n) is 13.4. The number of amides is 1. The smallest absolute Gasteiger partial charge is 0.244 e. The van der Waals surface area contributed by atoms with Gasteiger partial charge in [-0.15, -0.1) is 0 Å². The summed E-state index contributed by atoms with van der Waals surface area (Å²) in [4.78, 5) is 13.7. The van der Waals surface area contributed by atoms with Crippen molar-refractivity contribution >= 4 is 23.2 Å². The zero-order valence-corrected chi connectivity index (χ0v) is 23.4. The molecule has 3 saturated carbocycles. The van der Waals surface area contributed by atoms with Gasteiger partial charge in [-0.3, -0.25) is 4.79 Å². The summed E-state index contributed by atoms with van der Waals surface area (Å²) in [5, 5.41) is 27.3. The second kappa shape index (κ2) is 8.38. The molecule has 0 saturated heterocycles. The summed E-state index contributed by atoms with van der Waals surface area (Å²) in [6.45, 7) is 4.91. The number of nitrogens with two attached hydrogens (primary N) is 1. The molecule has 8 atom stereocenters. The van der Waals surface area contributed by atoms with Crippen molar-refractivity contribution in [3.05, 3.63) is 63.6 Å². The van der Waals surface area contributed by atoms with Gasteiger partial charge in [0.25, 0.3) is 0 Å². The first-order valence-electron chi connectivity index (χ1n) is 14.5. The summed E-state index contributed by atoms with van der Waals surface area (Å²) in [5.74, 6) is 2.09. The molecule has 2 aliphatic heterocycles. The predicted molar refractivity (Wildman–Crippen MR) is 151 cm³/mol. The molecule has 204 valence electrons. The highest BCUT2D eigenvalue weighted by molar-refractivity contribution is 6.35. The van der Waals surface area contributed by atoms with Crippen LogP contribution in [0.2, 0.25) is 5.02 Å². The SMILES string of the molecule is C[C@]12CC[C@H](O)CC1=CCC1C2CC[C@@]2(C)C1CC[C@@H]2C1=CC2(C(=O)Nc3c(Cl)cccc32)C(C#N)=C(N)N1. The van der Waals surface area contributed by atoms with Gasteiger partial charge in [-0.2, -0.15) is 5.26 Å². The molecule has 1 aromatic rings. The van der Waals surface area contributed by atoms with Crippen molar-refractivity contribution in [2.24, 2.45) is 40.2 Å². The van der Waals surface area contributed by atoms with E-state index in [4.69, 9.17) is 17.3 Å². The molecule has 1 aromatic carbocycles. The number of hydrogen-bond donors (Lipinski definition) is 4. The Balaban J connectivity index is 1.27. The van der Waals surface area contributed by atoms with Crippen molar-refractivity contribution in [3.8, 4) is 6.07 Å². The number of fused-ring (bicyclic) bond motifs is 7. The zero-order chi connectivity index (χ0) is 27.3. The summed E-state index contributed by atoms with van der Waals surface area (Å²) < 4.78 is 0. The first kappa shape index (κ1) is 25.2. The lowest BCUT2D eigenvalue weighted by atomic mass is 9.47. The molecule has 2 heterocycles. The van der Waals surface area contributed by atoms with Crippen LogP contribution in [0.25, 0.3) is 0 Å². The average Bonchev–Trinajstić information content (AvgIpc) is 3.40. The van der Waals surface area contributed by atoms with E-state index in [2.05, 4.69) is 36.6 Å². The van der Waals surface area contributed by atoms with Crippen LogP contribution < -0.4 is 16.4 Å². The molecule has 3 fully saturated rings. The number of rotatable bonds is 1. The third-order valence-electron chi connectivity index (χ3n) is 11.9. The van der Waals surface area contributed by atoms with E-state index in [0.29, 0.717) is 34.0 Å². The number of para-hydroxylation sites is 1. The number of nitrogens with zero attached hydrogens (tertiary/aromatic N) is 1. The molecule has 1 spiro atoms. The molecule has 0 bridgehead atoms. The van der Waals surface area contributed by atoms with Crippen LogP contribution in [0.15, 0.2) is 53.0 Å². The number of hydrogen-bond acceptors (Lipinski definition) is 5. The molecular weight excluding hydrogens is 508 g/mol. The number of benzene rings is 1. The van der Waals surface area contributed by atoms with E-state index in [-0.39, 0.29) is 40.2 Å². The molecule has 4 unspecified atom stereocenters. The highest BCUT2D eigenvalue weighted by Crippen LogP contribution is 2.67. The van der Waals surface area contributed by atoms with Crippen LogP contribution in [0, 0.1) is 45.8 Å². The number of dihydropyridines is 1. The largest absolute Gasteiger partial charge is 0.393 e. The van der Waals surface area contributed by atoms with E-state index in [0.717, 1.165) is 50.6 Å². The van der Waals surface area contributed by atoms with Crippen molar-refractivity contribution in [1.82, 2.24) is 5.32 Å². The van der Waals surface area contributed by atoms with Crippen LogP contribution in [-0.4, -0.2) is 17.1 Å². The fourth-order valence-corrected chi connectivity index (χ4v) is 10.2. The molecule has 7 rings (SSSR count). The third-order valence-corrected chi connectivity index (χ3v) is 12.2. The summed E-state index contributed by atoms with van der Waals surface area (Å²) in [5.41, 5.74) is 9.49. The lowest BCUT2D eigenvalue weighted by Crippen LogP contribution is -2.51. The van der Waals surface area contributed by atoms with Gasteiger partial charge in [-0.25, -0.2) is 0 Å². The maximum atomic E-state index is 13.7. The Morgan fingerprint density at radius 3 is 2.74 bits per heavy atom. The topological polar surface area (TPSA) is 111 Å². The Kier molecular flexibility index (Phi) is 5.42. The van der Waals surface area contributed by atoms with E-state index < -0.39 is 5.41 Å². The fourth-order valence-electron chi connectivity index (χ4n) is 9.97. The molecule has 6 aliphatic rings. The van der Waals surface area contributed by atoms with Crippen molar-refractivity contribution in [2.45, 2.75) is 76.7 Å². The number of nitriles is 1. The lowest BCUT2D eigenvalue weighted by molar-refractivity contribution is -0.118. The number of halogens is 1. The molecule has 4 aliphatic carbocycles. The normalized spacial score (nSPS) is 42.3. The van der Waals surface area contributed by atoms with Gasteiger partial charge in [0.2, 0.25) is 5.91 Å². The van der Waals surface area contributed by atoms with E-state index in [1.807, 2.05) is 18.2 Å². The Morgan fingerprint density at radius 1 is 1.13 bits per heavy atom. The number of aliphatic hydroxyl groups is 1. The fraction of sp³-hybridized carbons (Fsp3) is 0.562. The Morgan fingerprint density at radius 2 is 1.95 bits per heavy atom. The number of anilines is 1. The molecular formula is C32H37ClN4O2. The average molecular weight is 545 g/mol. The van der Waals surface area contributed by atoms with E-state index in [9.17, 15) is 15.2 Å². The van der Waals surface area contributed by atoms with Crippen molar-refractivity contribution in [3.63, 3.8) is 0 Å². The number of nitrogens with one attached hydrogen (secondary N) is 2. The summed E-state index contributed by atoms with van der Waals surface area (Å²) in [7, 11) is 0. The van der Waals surface area contributed by atoms with Gasteiger partial charge in [-0.1, -0.05) is 49.2 Å². The molecule has 0 aromatic heterocycles. The molecule has 7 heteroatoms. The van der Waals surface area contributed by atoms with Crippen LogP contribution in [-0.2, 0) is 10.2 Å². The van der Waals surface area contributed by atoms with Crippen LogP contribution >= 0.6 is 11.6 Å². The highest BCUT2D eigenvalue weighted by Gasteiger charge is 2.60. The summed E-state index contributed by atoms with van der Waals surface area (Å²) >= 11 is 6.47. The first-order chi connectivity index (χ1) is 18.6. The van der Waals surface area contributed by atoms with Gasteiger partial charge in [0.1, 0.15) is 17.3 Å². The Hall–Kier alpha value is -2.75. The van der Waals surface area contributed by atoms with Crippen LogP contribution in [0.5, 0.6) is 0 Å². The quantitative estimate of drug-likeness (QED) is 0.341. The van der Waals surface area contributed by atoms with Crippen LogP contribution in [0.3, 0.4) is 0 Å². The molecule has 39 heavy (non-hydrogen) atoms. The number of allylic oxidation sites excluding steroid dienone is 2. The maximum Gasteiger partial charge on any atom is 0.244 e.